The Morgan fingerprint density at radius 1 is 1.08 bits per heavy atom. The summed E-state index contributed by atoms with van der Waals surface area (Å²) in [6, 6.07) is 11.3. The fourth-order valence-electron chi connectivity index (χ4n) is 4.21. The number of fused-ring (bicyclic) bond motifs is 1. The van der Waals surface area contributed by atoms with Crippen LogP contribution in [0.4, 0.5) is 24.8 Å². The molecular formula is C27H24F3N5O3. The van der Waals surface area contributed by atoms with Crippen molar-refractivity contribution in [2.24, 2.45) is 0 Å². The Balaban J connectivity index is 1.46. The number of aromatic nitrogens is 3. The zero-order chi connectivity index (χ0) is 26.9. The van der Waals surface area contributed by atoms with Gasteiger partial charge in [-0.1, -0.05) is 12.1 Å². The van der Waals surface area contributed by atoms with Crippen LogP contribution in [-0.4, -0.2) is 54.3 Å². The Morgan fingerprint density at radius 3 is 2.61 bits per heavy atom. The summed E-state index contributed by atoms with van der Waals surface area (Å²) in [5, 5.41) is 3.40. The molecule has 38 heavy (non-hydrogen) atoms. The zero-order valence-electron chi connectivity index (χ0n) is 20.7. The largest absolute Gasteiger partial charge is 0.479 e. The SMILES string of the molecule is COc1nc(-c2cc(NC(=O)c3cccc(C(F)(F)F)c3)ccc2C)cc2cnc(N3CCOCC3)nc12. The lowest BCUT2D eigenvalue weighted by Crippen LogP contribution is -2.37. The number of ether oxygens (including phenoxy) is 2. The van der Waals surface area contributed by atoms with Gasteiger partial charge in [0.1, 0.15) is 5.52 Å². The van der Waals surface area contributed by atoms with Crippen LogP contribution < -0.4 is 15.0 Å². The molecule has 1 fully saturated rings. The Labute approximate surface area is 216 Å². The fourth-order valence-corrected chi connectivity index (χ4v) is 4.21. The lowest BCUT2D eigenvalue weighted by molar-refractivity contribution is -0.137. The number of methoxy groups -OCH3 is 1. The molecule has 8 nitrogen and oxygen atoms in total. The third kappa shape index (κ3) is 5.23. The molecule has 1 aliphatic rings. The van der Waals surface area contributed by atoms with Gasteiger partial charge >= 0.3 is 6.18 Å². The molecule has 1 saturated heterocycles. The number of amides is 1. The van der Waals surface area contributed by atoms with Gasteiger partial charge in [0.2, 0.25) is 11.8 Å². The van der Waals surface area contributed by atoms with E-state index in [2.05, 4.69) is 20.3 Å². The number of morpholine rings is 1. The maximum absolute atomic E-state index is 13.1. The second-order valence-electron chi connectivity index (χ2n) is 8.79. The summed E-state index contributed by atoms with van der Waals surface area (Å²) in [6.07, 6.45) is -2.82. The van der Waals surface area contributed by atoms with E-state index in [4.69, 9.17) is 9.47 Å². The van der Waals surface area contributed by atoms with E-state index in [0.717, 1.165) is 23.1 Å². The first-order valence-electron chi connectivity index (χ1n) is 11.9. The van der Waals surface area contributed by atoms with Gasteiger partial charge in [0.05, 0.1) is 31.6 Å². The summed E-state index contributed by atoms with van der Waals surface area (Å²) in [5.41, 5.74) is 2.16. The molecule has 0 atom stereocenters. The van der Waals surface area contributed by atoms with E-state index in [1.54, 1.807) is 24.4 Å². The number of nitrogens with zero attached hydrogens (tertiary/aromatic N) is 4. The standard InChI is InChI=1S/C27H24F3N5O3/c1-16-6-7-20(32-24(36)17-4-3-5-19(12-17)27(28,29)30)14-21(16)22-13-18-15-31-26(35-8-10-38-11-9-35)34-23(18)25(33-22)37-2/h3-7,12-15H,8-11H2,1-2H3,(H,32,36). The molecule has 2 aromatic heterocycles. The van der Waals surface area contributed by atoms with Crippen molar-refractivity contribution in [3.63, 3.8) is 0 Å². The van der Waals surface area contributed by atoms with E-state index in [1.165, 1.54) is 19.2 Å². The van der Waals surface area contributed by atoms with Crippen molar-refractivity contribution in [3.8, 4) is 17.1 Å². The number of carbonyl (C=O) groups is 1. The monoisotopic (exact) mass is 523 g/mol. The minimum atomic E-state index is -4.54. The number of nitrogens with one attached hydrogen (secondary N) is 1. The molecule has 11 heteroatoms. The summed E-state index contributed by atoms with van der Waals surface area (Å²) in [6.45, 7) is 4.49. The number of hydrogen-bond acceptors (Lipinski definition) is 7. The van der Waals surface area contributed by atoms with E-state index in [9.17, 15) is 18.0 Å². The topological polar surface area (TPSA) is 89.5 Å². The van der Waals surface area contributed by atoms with Crippen LogP contribution in [0.2, 0.25) is 0 Å². The number of carbonyl (C=O) groups excluding carboxylic acids is 1. The fraction of sp³-hybridized carbons (Fsp3) is 0.259. The molecule has 0 unspecified atom stereocenters. The molecule has 0 bridgehead atoms. The molecular weight excluding hydrogens is 499 g/mol. The van der Waals surface area contributed by atoms with E-state index in [1.807, 2.05) is 17.9 Å². The van der Waals surface area contributed by atoms with Crippen molar-refractivity contribution in [2.75, 3.05) is 43.6 Å². The second kappa shape index (κ2) is 10.3. The van der Waals surface area contributed by atoms with Crippen molar-refractivity contribution in [1.82, 2.24) is 15.0 Å². The molecule has 0 aliphatic carbocycles. The Hall–Kier alpha value is -4.25. The number of benzene rings is 2. The second-order valence-corrected chi connectivity index (χ2v) is 8.79. The molecule has 1 aliphatic heterocycles. The molecule has 5 rings (SSSR count). The maximum atomic E-state index is 13.1. The van der Waals surface area contributed by atoms with Crippen molar-refractivity contribution >= 4 is 28.4 Å². The first-order chi connectivity index (χ1) is 18.2. The van der Waals surface area contributed by atoms with E-state index in [-0.39, 0.29) is 5.56 Å². The summed E-state index contributed by atoms with van der Waals surface area (Å²) >= 11 is 0. The van der Waals surface area contributed by atoms with E-state index in [0.29, 0.717) is 60.6 Å². The van der Waals surface area contributed by atoms with Gasteiger partial charge in [0, 0.05) is 41.5 Å². The van der Waals surface area contributed by atoms with Gasteiger partial charge < -0.3 is 19.7 Å². The molecule has 3 heterocycles. The lowest BCUT2D eigenvalue weighted by atomic mass is 10.0. The number of hydrogen-bond donors (Lipinski definition) is 1. The molecule has 2 aromatic carbocycles. The summed E-state index contributed by atoms with van der Waals surface area (Å²) in [5.74, 6) is 0.246. The molecule has 0 radical (unpaired) electrons. The Bertz CT molecular complexity index is 1500. The van der Waals surface area contributed by atoms with Crippen molar-refractivity contribution in [3.05, 3.63) is 71.4 Å². The van der Waals surface area contributed by atoms with Crippen LogP contribution in [0.25, 0.3) is 22.2 Å². The smallest absolute Gasteiger partial charge is 0.416 e. The highest BCUT2D eigenvalue weighted by Gasteiger charge is 2.31. The third-order valence-corrected chi connectivity index (χ3v) is 6.23. The lowest BCUT2D eigenvalue weighted by Gasteiger charge is -2.26. The summed E-state index contributed by atoms with van der Waals surface area (Å²) < 4.78 is 50.2. The minimum Gasteiger partial charge on any atom is -0.479 e. The van der Waals surface area contributed by atoms with Crippen LogP contribution in [0.15, 0.2) is 54.7 Å². The van der Waals surface area contributed by atoms with Crippen molar-refractivity contribution in [2.45, 2.75) is 13.1 Å². The quantitative estimate of drug-likeness (QED) is 0.389. The van der Waals surface area contributed by atoms with Gasteiger partial charge in [-0.15, -0.1) is 0 Å². The van der Waals surface area contributed by atoms with Gasteiger partial charge in [-0.25, -0.2) is 15.0 Å². The highest BCUT2D eigenvalue weighted by atomic mass is 19.4. The average molecular weight is 524 g/mol. The molecule has 1 amide bonds. The molecule has 196 valence electrons. The Morgan fingerprint density at radius 2 is 1.87 bits per heavy atom. The minimum absolute atomic E-state index is 0.0966. The molecule has 0 spiro atoms. The molecule has 0 saturated carbocycles. The maximum Gasteiger partial charge on any atom is 0.416 e. The van der Waals surface area contributed by atoms with Crippen LogP contribution in [0.5, 0.6) is 5.88 Å². The van der Waals surface area contributed by atoms with Crippen LogP contribution in [0.1, 0.15) is 21.5 Å². The summed E-state index contributed by atoms with van der Waals surface area (Å²) in [4.78, 5) is 28.6. The highest BCUT2D eigenvalue weighted by Crippen LogP contribution is 2.33. The van der Waals surface area contributed by atoms with Gasteiger partial charge in [-0.05, 0) is 48.9 Å². The number of rotatable bonds is 5. The average Bonchev–Trinajstić information content (AvgIpc) is 2.93. The predicted octanol–water partition coefficient (Wildman–Crippen LogP) is 5.12. The first kappa shape index (κ1) is 25.4. The van der Waals surface area contributed by atoms with Gasteiger partial charge in [0.15, 0.2) is 0 Å². The van der Waals surface area contributed by atoms with Gasteiger partial charge in [-0.2, -0.15) is 13.2 Å². The summed E-state index contributed by atoms with van der Waals surface area (Å²) in [7, 11) is 1.51. The van der Waals surface area contributed by atoms with Crippen LogP contribution in [0, 0.1) is 6.92 Å². The molecule has 4 aromatic rings. The number of aryl methyl sites for hydroxylation is 1. The number of halogens is 3. The predicted molar refractivity (Wildman–Crippen MR) is 136 cm³/mol. The van der Waals surface area contributed by atoms with Crippen molar-refractivity contribution < 1.29 is 27.4 Å². The first-order valence-corrected chi connectivity index (χ1v) is 11.9. The van der Waals surface area contributed by atoms with Crippen LogP contribution in [-0.2, 0) is 10.9 Å². The van der Waals surface area contributed by atoms with Gasteiger partial charge in [-0.3, -0.25) is 4.79 Å². The normalized spacial score (nSPS) is 14.0. The number of alkyl halides is 3. The molecule has 1 N–H and O–H groups in total. The van der Waals surface area contributed by atoms with E-state index >= 15 is 0 Å². The Kier molecular flexibility index (Phi) is 6.85. The van der Waals surface area contributed by atoms with Crippen LogP contribution >= 0.6 is 0 Å². The van der Waals surface area contributed by atoms with Gasteiger partial charge in [0.25, 0.3) is 5.91 Å². The van der Waals surface area contributed by atoms with Crippen molar-refractivity contribution in [1.29, 1.82) is 0 Å². The zero-order valence-corrected chi connectivity index (χ0v) is 20.7. The number of anilines is 2. The van der Waals surface area contributed by atoms with Crippen LogP contribution in [0.3, 0.4) is 0 Å². The third-order valence-electron chi connectivity index (χ3n) is 6.23. The highest BCUT2D eigenvalue weighted by molar-refractivity contribution is 6.04. The van der Waals surface area contributed by atoms with E-state index < -0.39 is 17.6 Å². The number of pyridine rings is 1.